The molecule has 2 aromatic rings. The summed E-state index contributed by atoms with van der Waals surface area (Å²) in [5, 5.41) is 6.30. The van der Waals surface area contributed by atoms with E-state index >= 15 is 0 Å². The van der Waals surface area contributed by atoms with E-state index in [1.165, 1.54) is 6.07 Å². The van der Waals surface area contributed by atoms with Crippen LogP contribution in [0.4, 0.5) is 10.1 Å². The number of hydrogen-bond donors (Lipinski definition) is 2. The van der Waals surface area contributed by atoms with Crippen molar-refractivity contribution in [3.05, 3.63) is 54.2 Å². The summed E-state index contributed by atoms with van der Waals surface area (Å²) in [5.41, 5.74) is 0.356. The molecule has 0 unspecified atom stereocenters. The predicted molar refractivity (Wildman–Crippen MR) is 85.8 cm³/mol. The lowest BCUT2D eigenvalue weighted by molar-refractivity contribution is 0.259. The minimum absolute atomic E-state index is 0.0420. The van der Waals surface area contributed by atoms with Crippen molar-refractivity contribution in [2.45, 2.75) is 6.04 Å². The van der Waals surface area contributed by atoms with Crippen LogP contribution in [0.3, 0.4) is 0 Å². The number of halogens is 1. The number of thiocarbonyl (C=S) groups is 1. The van der Waals surface area contributed by atoms with Crippen molar-refractivity contribution in [1.29, 1.82) is 0 Å². The third-order valence-electron chi connectivity index (χ3n) is 3.07. The summed E-state index contributed by atoms with van der Waals surface area (Å²) in [7, 11) is 3.92. The molecular formula is C15H18FN3OS. The topological polar surface area (TPSA) is 40.4 Å². The van der Waals surface area contributed by atoms with Crippen LogP contribution < -0.4 is 10.6 Å². The molecular weight excluding hydrogens is 289 g/mol. The Kier molecular flexibility index (Phi) is 5.30. The smallest absolute Gasteiger partial charge is 0.170 e. The van der Waals surface area contributed by atoms with Crippen LogP contribution in [-0.2, 0) is 0 Å². The highest BCUT2D eigenvalue weighted by atomic mass is 32.1. The van der Waals surface area contributed by atoms with E-state index in [9.17, 15) is 4.39 Å². The molecule has 2 rings (SSSR count). The number of furan rings is 1. The molecule has 0 radical (unpaired) electrons. The Morgan fingerprint density at radius 1 is 1.29 bits per heavy atom. The third kappa shape index (κ3) is 4.27. The van der Waals surface area contributed by atoms with Gasteiger partial charge in [-0.3, -0.25) is 4.90 Å². The summed E-state index contributed by atoms with van der Waals surface area (Å²) in [6.45, 7) is 0.556. The van der Waals surface area contributed by atoms with E-state index in [1.807, 2.05) is 31.1 Å². The lowest BCUT2D eigenvalue weighted by atomic mass is 10.2. The van der Waals surface area contributed by atoms with Crippen molar-refractivity contribution >= 4 is 23.0 Å². The second-order valence-electron chi connectivity index (χ2n) is 4.81. The van der Waals surface area contributed by atoms with Gasteiger partial charge in [0.2, 0.25) is 0 Å². The van der Waals surface area contributed by atoms with E-state index < -0.39 is 0 Å². The first-order valence-electron chi connectivity index (χ1n) is 6.57. The van der Waals surface area contributed by atoms with Gasteiger partial charge in [0.25, 0.3) is 0 Å². The van der Waals surface area contributed by atoms with Crippen LogP contribution in [-0.4, -0.2) is 30.7 Å². The number of anilines is 1. The molecule has 1 aromatic carbocycles. The molecule has 0 aliphatic carbocycles. The number of nitrogens with one attached hydrogen (secondary N) is 2. The fraction of sp³-hybridized carbons (Fsp3) is 0.267. The van der Waals surface area contributed by atoms with Gasteiger partial charge in [0.1, 0.15) is 11.6 Å². The molecule has 2 N–H and O–H groups in total. The molecule has 0 aliphatic heterocycles. The third-order valence-corrected chi connectivity index (χ3v) is 3.32. The zero-order valence-electron chi connectivity index (χ0n) is 12.0. The van der Waals surface area contributed by atoms with E-state index in [4.69, 9.17) is 16.6 Å². The zero-order chi connectivity index (χ0) is 15.2. The van der Waals surface area contributed by atoms with Crippen LogP contribution in [0.1, 0.15) is 11.8 Å². The minimum Gasteiger partial charge on any atom is -0.468 e. The first-order chi connectivity index (χ1) is 10.1. The molecule has 0 spiro atoms. The predicted octanol–water partition coefficient (Wildman–Crippen LogP) is 3.01. The first kappa shape index (κ1) is 15.5. The average Bonchev–Trinajstić information content (AvgIpc) is 2.95. The van der Waals surface area contributed by atoms with Crippen molar-refractivity contribution in [2.24, 2.45) is 0 Å². The molecule has 21 heavy (non-hydrogen) atoms. The Balaban J connectivity index is 1.92. The van der Waals surface area contributed by atoms with Gasteiger partial charge < -0.3 is 15.1 Å². The maximum Gasteiger partial charge on any atom is 0.170 e. The Morgan fingerprint density at radius 2 is 2.05 bits per heavy atom. The van der Waals surface area contributed by atoms with Crippen LogP contribution in [0.5, 0.6) is 0 Å². The summed E-state index contributed by atoms with van der Waals surface area (Å²) in [6, 6.07) is 10.2. The molecule has 112 valence electrons. The van der Waals surface area contributed by atoms with Crippen LogP contribution in [0, 0.1) is 5.82 Å². The SMILES string of the molecule is CN(C)[C@H](CNC(=S)Nc1ccccc1F)c1ccco1. The van der Waals surface area contributed by atoms with Gasteiger partial charge in [-0.15, -0.1) is 0 Å². The summed E-state index contributed by atoms with van der Waals surface area (Å²) < 4.78 is 18.9. The lowest BCUT2D eigenvalue weighted by Crippen LogP contribution is -2.36. The summed E-state index contributed by atoms with van der Waals surface area (Å²) in [5.74, 6) is 0.512. The zero-order valence-corrected chi connectivity index (χ0v) is 12.8. The highest BCUT2D eigenvalue weighted by Gasteiger charge is 2.17. The summed E-state index contributed by atoms with van der Waals surface area (Å²) in [4.78, 5) is 2.03. The lowest BCUT2D eigenvalue weighted by Gasteiger charge is -2.23. The largest absolute Gasteiger partial charge is 0.468 e. The van der Waals surface area contributed by atoms with Gasteiger partial charge in [-0.05, 0) is 50.6 Å². The van der Waals surface area contributed by atoms with Gasteiger partial charge in [-0.25, -0.2) is 4.39 Å². The molecule has 6 heteroatoms. The highest BCUT2D eigenvalue weighted by Crippen LogP contribution is 2.18. The highest BCUT2D eigenvalue weighted by molar-refractivity contribution is 7.80. The average molecular weight is 307 g/mol. The maximum absolute atomic E-state index is 13.5. The van der Waals surface area contributed by atoms with E-state index in [2.05, 4.69) is 10.6 Å². The number of likely N-dealkylation sites (N-methyl/N-ethyl adjacent to an activating group) is 1. The monoisotopic (exact) mass is 307 g/mol. The second kappa shape index (κ2) is 7.19. The summed E-state index contributed by atoms with van der Waals surface area (Å²) in [6.07, 6.45) is 1.64. The van der Waals surface area contributed by atoms with Crippen LogP contribution in [0.25, 0.3) is 0 Å². The molecule has 0 aliphatic rings. The Hall–Kier alpha value is -1.92. The number of nitrogens with zero attached hydrogens (tertiary/aromatic N) is 1. The fourth-order valence-electron chi connectivity index (χ4n) is 1.94. The van der Waals surface area contributed by atoms with Crippen molar-refractivity contribution < 1.29 is 8.81 Å². The fourth-order valence-corrected chi connectivity index (χ4v) is 2.13. The van der Waals surface area contributed by atoms with Gasteiger partial charge in [-0.1, -0.05) is 12.1 Å². The molecule has 0 saturated carbocycles. The van der Waals surface area contributed by atoms with Gasteiger partial charge in [0.05, 0.1) is 18.0 Å². The van der Waals surface area contributed by atoms with Crippen molar-refractivity contribution in [3.8, 4) is 0 Å². The Morgan fingerprint density at radius 3 is 2.67 bits per heavy atom. The molecule has 1 aromatic heterocycles. The van der Waals surface area contributed by atoms with Crippen molar-refractivity contribution in [3.63, 3.8) is 0 Å². The molecule has 0 fully saturated rings. The van der Waals surface area contributed by atoms with Crippen molar-refractivity contribution in [2.75, 3.05) is 26.0 Å². The van der Waals surface area contributed by atoms with E-state index in [1.54, 1.807) is 24.5 Å². The second-order valence-corrected chi connectivity index (χ2v) is 5.22. The molecule has 1 atom stereocenters. The molecule has 0 saturated heterocycles. The number of rotatable bonds is 5. The first-order valence-corrected chi connectivity index (χ1v) is 6.98. The molecule has 1 heterocycles. The Bertz CT molecular complexity index is 586. The maximum atomic E-state index is 13.5. The normalized spacial score (nSPS) is 12.2. The van der Waals surface area contributed by atoms with E-state index in [0.717, 1.165) is 5.76 Å². The van der Waals surface area contributed by atoms with Crippen LogP contribution in [0.15, 0.2) is 47.1 Å². The van der Waals surface area contributed by atoms with E-state index in [-0.39, 0.29) is 11.9 Å². The molecule has 4 nitrogen and oxygen atoms in total. The molecule has 0 amide bonds. The van der Waals surface area contributed by atoms with E-state index in [0.29, 0.717) is 17.3 Å². The molecule has 0 bridgehead atoms. The number of para-hydroxylation sites is 1. The van der Waals surface area contributed by atoms with Gasteiger partial charge in [-0.2, -0.15) is 0 Å². The number of benzene rings is 1. The van der Waals surface area contributed by atoms with Crippen LogP contribution >= 0.6 is 12.2 Å². The van der Waals surface area contributed by atoms with Gasteiger partial charge in [0.15, 0.2) is 5.11 Å². The summed E-state index contributed by atoms with van der Waals surface area (Å²) >= 11 is 5.19. The number of hydrogen-bond acceptors (Lipinski definition) is 3. The van der Waals surface area contributed by atoms with Gasteiger partial charge in [0, 0.05) is 6.54 Å². The Labute approximate surface area is 128 Å². The standard InChI is InChI=1S/C15H18FN3OS/c1-19(2)13(14-8-5-9-20-14)10-17-15(21)18-12-7-4-3-6-11(12)16/h3-9,13H,10H2,1-2H3,(H2,17,18,21)/t13-/m1/s1. The van der Waals surface area contributed by atoms with Crippen LogP contribution in [0.2, 0.25) is 0 Å². The quantitative estimate of drug-likeness (QED) is 0.831. The minimum atomic E-state index is -0.336. The van der Waals surface area contributed by atoms with Crippen molar-refractivity contribution in [1.82, 2.24) is 10.2 Å². The van der Waals surface area contributed by atoms with Gasteiger partial charge >= 0.3 is 0 Å².